The third-order valence-electron chi connectivity index (χ3n) is 1.47. The van der Waals surface area contributed by atoms with Gasteiger partial charge in [0.05, 0.1) is 0 Å². The van der Waals surface area contributed by atoms with Crippen LogP contribution < -0.4 is 0 Å². The van der Waals surface area contributed by atoms with E-state index in [-0.39, 0.29) is 10.6 Å². The van der Waals surface area contributed by atoms with E-state index in [1.807, 2.05) is 0 Å². The van der Waals surface area contributed by atoms with Crippen LogP contribution in [0.2, 0.25) is 5.02 Å². The largest absolute Gasteiger partial charge is 0.482 e. The molecular weight excluding hydrogens is 206 g/mol. The van der Waals surface area contributed by atoms with Crippen LogP contribution in [0, 0.1) is 5.82 Å². The van der Waals surface area contributed by atoms with Crippen LogP contribution in [0.25, 0.3) is 0 Å². The van der Waals surface area contributed by atoms with Crippen molar-refractivity contribution in [1.82, 2.24) is 0 Å². The zero-order valence-corrected chi connectivity index (χ0v) is 7.16. The van der Waals surface area contributed by atoms with Gasteiger partial charge in [0.1, 0.15) is 5.82 Å². The maximum Gasteiger partial charge on any atom is 0.482 e. The number of rotatable bonds is 2. The second-order valence-electron chi connectivity index (χ2n) is 2.65. The van der Waals surface area contributed by atoms with Gasteiger partial charge in [0.2, 0.25) is 0 Å². The second-order valence-corrected chi connectivity index (χ2v) is 3.06. The lowest BCUT2D eigenvalue weighted by molar-refractivity contribution is 0.468. The quantitative estimate of drug-likeness (QED) is 0.519. The normalized spacial score (nSPS) is 11.8. The van der Waals surface area contributed by atoms with E-state index in [1.54, 1.807) is 0 Å². The third-order valence-corrected chi connectivity index (χ3v) is 1.82. The predicted molar refractivity (Wildman–Crippen MR) is 44.2 cm³/mol. The van der Waals surface area contributed by atoms with Crippen molar-refractivity contribution in [2.45, 2.75) is 6.32 Å². The van der Waals surface area contributed by atoms with E-state index in [4.69, 9.17) is 11.6 Å². The molecule has 1 aromatic carbocycles. The first-order chi connectivity index (χ1) is 5.88. The minimum Gasteiger partial charge on any atom is -0.449 e. The molecule has 0 fully saturated rings. The lowest BCUT2D eigenvalue weighted by Crippen LogP contribution is -2.19. The van der Waals surface area contributed by atoms with Gasteiger partial charge in [-0.1, -0.05) is 29.6 Å². The van der Waals surface area contributed by atoms with Crippen LogP contribution in [0.15, 0.2) is 18.2 Å². The predicted octanol–water partition coefficient (Wildman–Crippen LogP) is 3.41. The zero-order valence-electron chi connectivity index (χ0n) is 6.41. The SMILES string of the molecule is Fc1ccc(C[B-](F)(F)F)c(Cl)c1. The molecule has 0 aliphatic rings. The van der Waals surface area contributed by atoms with E-state index in [0.717, 1.165) is 18.2 Å². The first-order valence-electron chi connectivity index (χ1n) is 3.53. The fourth-order valence-electron chi connectivity index (χ4n) is 0.937. The van der Waals surface area contributed by atoms with Crippen molar-refractivity contribution < 1.29 is 17.3 Å². The number of hydrogen-bond donors (Lipinski definition) is 0. The van der Waals surface area contributed by atoms with Crippen molar-refractivity contribution in [2.24, 2.45) is 0 Å². The first kappa shape index (κ1) is 10.4. The Hall–Kier alpha value is -0.705. The molecule has 0 nitrogen and oxygen atoms in total. The standard InChI is InChI=1S/C7H5BClF4/c9-7-3-6(10)2-1-5(7)4-8(11,12)13/h1-3H,4H2/q-1. The van der Waals surface area contributed by atoms with E-state index in [0.29, 0.717) is 0 Å². The third kappa shape index (κ3) is 3.26. The summed E-state index contributed by atoms with van der Waals surface area (Å²) in [5.74, 6) is -0.636. The van der Waals surface area contributed by atoms with Gasteiger partial charge in [-0.3, -0.25) is 0 Å². The molecule has 0 aliphatic heterocycles. The van der Waals surface area contributed by atoms with E-state index in [9.17, 15) is 17.3 Å². The summed E-state index contributed by atoms with van der Waals surface area (Å²) >= 11 is 5.41. The molecule has 0 N–H and O–H groups in total. The molecular formula is C7H5BClF4-. The second kappa shape index (κ2) is 3.58. The highest BCUT2D eigenvalue weighted by Gasteiger charge is 2.24. The van der Waals surface area contributed by atoms with Gasteiger partial charge in [-0.15, -0.1) is 0 Å². The van der Waals surface area contributed by atoms with Crippen molar-refractivity contribution in [1.29, 1.82) is 0 Å². The van der Waals surface area contributed by atoms with Gasteiger partial charge in [0.15, 0.2) is 0 Å². The Morgan fingerprint density at radius 2 is 1.85 bits per heavy atom. The Morgan fingerprint density at radius 3 is 2.31 bits per heavy atom. The van der Waals surface area contributed by atoms with Crippen LogP contribution in [0.1, 0.15) is 5.56 Å². The molecule has 0 radical (unpaired) electrons. The van der Waals surface area contributed by atoms with Gasteiger partial charge in [-0.2, -0.15) is 0 Å². The van der Waals surface area contributed by atoms with Crippen molar-refractivity contribution in [3.63, 3.8) is 0 Å². The molecule has 72 valence electrons. The van der Waals surface area contributed by atoms with Gasteiger partial charge in [0.25, 0.3) is 0 Å². The molecule has 0 unspecified atom stereocenters. The molecule has 0 heterocycles. The molecule has 0 bridgehead atoms. The van der Waals surface area contributed by atoms with Crippen molar-refractivity contribution in [3.05, 3.63) is 34.6 Å². The number of halogens is 5. The molecule has 0 saturated heterocycles. The van der Waals surface area contributed by atoms with Crippen LogP contribution in [0.3, 0.4) is 0 Å². The highest BCUT2D eigenvalue weighted by atomic mass is 35.5. The van der Waals surface area contributed by atoms with Crippen LogP contribution >= 0.6 is 11.6 Å². The van der Waals surface area contributed by atoms with Crippen LogP contribution in [0.4, 0.5) is 17.3 Å². The smallest absolute Gasteiger partial charge is 0.449 e. The molecule has 0 aromatic heterocycles. The maximum atomic E-state index is 12.4. The monoisotopic (exact) mass is 211 g/mol. The fourth-order valence-corrected chi connectivity index (χ4v) is 1.18. The van der Waals surface area contributed by atoms with Crippen molar-refractivity contribution in [2.75, 3.05) is 0 Å². The molecule has 0 amide bonds. The highest BCUT2D eigenvalue weighted by Crippen LogP contribution is 2.23. The summed E-state index contributed by atoms with van der Waals surface area (Å²) in [5.41, 5.74) is -0.0874. The van der Waals surface area contributed by atoms with Crippen LogP contribution in [-0.2, 0) is 6.32 Å². The van der Waals surface area contributed by atoms with Gasteiger partial charge in [-0.05, 0) is 12.1 Å². The van der Waals surface area contributed by atoms with Crippen molar-refractivity contribution in [3.8, 4) is 0 Å². The topological polar surface area (TPSA) is 0 Å². The molecule has 1 aromatic rings. The summed E-state index contributed by atoms with van der Waals surface area (Å²) in [7, 11) is 0. The zero-order chi connectivity index (χ0) is 10.1. The summed E-state index contributed by atoms with van der Waals surface area (Å²) in [6, 6.07) is 2.88. The summed E-state index contributed by atoms with van der Waals surface area (Å²) in [6.45, 7) is -4.92. The van der Waals surface area contributed by atoms with Crippen LogP contribution in [0.5, 0.6) is 0 Å². The minimum absolute atomic E-state index is 0.0874. The molecule has 0 saturated carbocycles. The van der Waals surface area contributed by atoms with E-state index < -0.39 is 19.1 Å². The molecule has 13 heavy (non-hydrogen) atoms. The average molecular weight is 211 g/mol. The Kier molecular flexibility index (Phi) is 2.85. The van der Waals surface area contributed by atoms with E-state index >= 15 is 0 Å². The van der Waals surface area contributed by atoms with Gasteiger partial charge in [-0.25, -0.2) is 4.39 Å². The number of hydrogen-bond acceptors (Lipinski definition) is 0. The van der Waals surface area contributed by atoms with Gasteiger partial charge in [0, 0.05) is 5.02 Å². The average Bonchev–Trinajstić information content (AvgIpc) is 1.93. The molecule has 0 atom stereocenters. The number of benzene rings is 1. The summed E-state index contributed by atoms with van der Waals surface area (Å²) in [5, 5.41) is -0.181. The molecule has 6 heteroatoms. The first-order valence-corrected chi connectivity index (χ1v) is 3.91. The summed E-state index contributed by atoms with van der Waals surface area (Å²) in [6.07, 6.45) is -1.07. The molecule has 0 spiro atoms. The Labute approximate surface area is 77.6 Å². The minimum atomic E-state index is -4.92. The lowest BCUT2D eigenvalue weighted by atomic mass is 9.82. The maximum absolute atomic E-state index is 12.4. The molecule has 0 aliphatic carbocycles. The molecule has 1 rings (SSSR count). The van der Waals surface area contributed by atoms with Crippen molar-refractivity contribution >= 4 is 18.6 Å². The Morgan fingerprint density at radius 1 is 1.23 bits per heavy atom. The van der Waals surface area contributed by atoms with E-state index in [1.165, 1.54) is 0 Å². The lowest BCUT2D eigenvalue weighted by Gasteiger charge is -2.14. The Bertz CT molecular complexity index is 310. The van der Waals surface area contributed by atoms with E-state index in [2.05, 4.69) is 0 Å². The van der Waals surface area contributed by atoms with Gasteiger partial charge < -0.3 is 12.9 Å². The Balaban J connectivity index is 2.90. The summed E-state index contributed by atoms with van der Waals surface area (Å²) < 4.78 is 48.2. The summed E-state index contributed by atoms with van der Waals surface area (Å²) in [4.78, 5) is 0. The van der Waals surface area contributed by atoms with Crippen LogP contribution in [-0.4, -0.2) is 6.98 Å². The highest BCUT2D eigenvalue weighted by molar-refractivity contribution is 6.58. The fraction of sp³-hybridized carbons (Fsp3) is 0.143. The van der Waals surface area contributed by atoms with Gasteiger partial charge >= 0.3 is 6.98 Å².